The molecule has 1 aromatic heterocycles. The van der Waals surface area contributed by atoms with E-state index in [0.29, 0.717) is 54.1 Å². The molecular weight excluding hydrogens is 492 g/mol. The Morgan fingerprint density at radius 1 is 1.14 bits per heavy atom. The second-order valence-electron chi connectivity index (χ2n) is 9.37. The van der Waals surface area contributed by atoms with Crippen LogP contribution >= 0.6 is 0 Å². The number of morpholine rings is 1. The van der Waals surface area contributed by atoms with Gasteiger partial charge in [-0.3, -0.25) is 5.32 Å². The Kier molecular flexibility index (Phi) is 7.79. The quantitative estimate of drug-likeness (QED) is 0.476. The van der Waals surface area contributed by atoms with Gasteiger partial charge in [0.25, 0.3) is 0 Å². The van der Waals surface area contributed by atoms with Crippen LogP contribution < -0.4 is 15.0 Å². The van der Waals surface area contributed by atoms with Gasteiger partial charge in [0.1, 0.15) is 16.3 Å². The molecule has 1 amide bonds. The lowest BCUT2D eigenvalue weighted by atomic mass is 10.1. The Hall–Kier alpha value is -3.50. The molecule has 1 N–H and O–H groups in total. The van der Waals surface area contributed by atoms with E-state index in [1.54, 1.807) is 75.4 Å². The summed E-state index contributed by atoms with van der Waals surface area (Å²) in [7, 11) is -3.45. The number of benzene rings is 2. The van der Waals surface area contributed by atoms with E-state index in [2.05, 4.69) is 10.2 Å². The third-order valence-corrected chi connectivity index (χ3v) is 9.02. The first-order valence-corrected chi connectivity index (χ1v) is 13.9. The van der Waals surface area contributed by atoms with Gasteiger partial charge in [-0.1, -0.05) is 25.1 Å². The van der Waals surface area contributed by atoms with Gasteiger partial charge in [0.2, 0.25) is 0 Å². The third kappa shape index (κ3) is 5.91. The monoisotopic (exact) mass is 524 g/mol. The average molecular weight is 525 g/mol. The number of carbonyl (C=O) groups excluding carboxylic acids is 1. The second kappa shape index (κ2) is 10.9. The van der Waals surface area contributed by atoms with E-state index in [0.717, 1.165) is 0 Å². The van der Waals surface area contributed by atoms with Crippen LogP contribution in [0.4, 0.5) is 16.3 Å². The minimum absolute atomic E-state index is 0.00206. The number of ether oxygens (including phenoxy) is 2. The zero-order chi connectivity index (χ0) is 26.6. The van der Waals surface area contributed by atoms with Gasteiger partial charge in [-0.2, -0.15) is 0 Å². The van der Waals surface area contributed by atoms with Crippen LogP contribution in [0.1, 0.15) is 33.4 Å². The van der Waals surface area contributed by atoms with Crippen LogP contribution in [0, 0.1) is 0 Å². The van der Waals surface area contributed by atoms with E-state index in [1.807, 2.05) is 13.0 Å². The van der Waals surface area contributed by atoms with Crippen molar-refractivity contribution in [2.45, 2.75) is 38.5 Å². The van der Waals surface area contributed by atoms with Gasteiger partial charge in [-0.25, -0.2) is 23.2 Å². The maximum atomic E-state index is 13.0. The lowest BCUT2D eigenvalue weighted by Crippen LogP contribution is -2.44. The molecule has 196 valence electrons. The van der Waals surface area contributed by atoms with Crippen LogP contribution in [-0.4, -0.2) is 56.0 Å². The van der Waals surface area contributed by atoms with E-state index in [4.69, 9.17) is 19.4 Å². The van der Waals surface area contributed by atoms with Crippen molar-refractivity contribution >= 4 is 27.4 Å². The fraction of sp³-hybridized carbons (Fsp3) is 0.370. The van der Waals surface area contributed by atoms with Crippen LogP contribution in [0.15, 0.2) is 60.7 Å². The molecule has 1 aliphatic heterocycles. The average Bonchev–Trinajstić information content (AvgIpc) is 2.89. The number of hydrogen-bond donors (Lipinski definition) is 1. The molecule has 0 aliphatic carbocycles. The van der Waals surface area contributed by atoms with Crippen LogP contribution in [-0.2, 0) is 19.3 Å². The number of nitrogens with one attached hydrogen (secondary N) is 1. The molecule has 4 rings (SSSR count). The van der Waals surface area contributed by atoms with E-state index in [9.17, 15) is 13.2 Å². The summed E-state index contributed by atoms with van der Waals surface area (Å²) < 4.78 is 35.6. The summed E-state index contributed by atoms with van der Waals surface area (Å²) in [6, 6.07) is 17.7. The molecule has 1 unspecified atom stereocenters. The summed E-state index contributed by atoms with van der Waals surface area (Å²) in [5.74, 6) is 1.51. The molecule has 3 aromatic rings. The number of rotatable bonds is 7. The molecule has 10 heteroatoms. The van der Waals surface area contributed by atoms with Crippen molar-refractivity contribution in [2.24, 2.45) is 0 Å². The Balaban J connectivity index is 1.65. The summed E-state index contributed by atoms with van der Waals surface area (Å²) in [6.45, 7) is 8.80. The molecule has 0 saturated carbocycles. The molecule has 9 nitrogen and oxygen atoms in total. The number of amides is 1. The molecule has 2 heterocycles. The van der Waals surface area contributed by atoms with E-state index in [-0.39, 0.29) is 11.8 Å². The van der Waals surface area contributed by atoms with Crippen molar-refractivity contribution in [3.8, 4) is 17.1 Å². The Morgan fingerprint density at radius 2 is 1.84 bits per heavy atom. The van der Waals surface area contributed by atoms with Crippen molar-refractivity contribution < 1.29 is 22.7 Å². The fourth-order valence-electron chi connectivity index (χ4n) is 4.05. The van der Waals surface area contributed by atoms with Gasteiger partial charge in [0, 0.05) is 29.6 Å². The number of aromatic nitrogens is 2. The second-order valence-corrected chi connectivity index (χ2v) is 12.2. The maximum absolute atomic E-state index is 13.0. The van der Waals surface area contributed by atoms with Crippen LogP contribution in [0.3, 0.4) is 0 Å². The molecule has 1 atom stereocenters. The fourth-order valence-corrected chi connectivity index (χ4v) is 5.19. The van der Waals surface area contributed by atoms with Crippen molar-refractivity contribution in [3.05, 3.63) is 66.4 Å². The number of nitrogens with zero attached hydrogens (tertiary/aromatic N) is 3. The molecular formula is C27H32N4O5S. The first-order valence-electron chi connectivity index (χ1n) is 12.2. The summed E-state index contributed by atoms with van der Waals surface area (Å²) in [4.78, 5) is 23.8. The molecule has 37 heavy (non-hydrogen) atoms. The largest absolute Gasteiger partial charge is 0.417 e. The highest BCUT2D eigenvalue weighted by Gasteiger charge is 2.37. The zero-order valence-electron chi connectivity index (χ0n) is 21.5. The first-order chi connectivity index (χ1) is 17.6. The van der Waals surface area contributed by atoms with Crippen molar-refractivity contribution in [1.82, 2.24) is 9.97 Å². The third-order valence-electron chi connectivity index (χ3n) is 6.49. The molecule has 0 bridgehead atoms. The van der Waals surface area contributed by atoms with Gasteiger partial charge in [0.15, 0.2) is 15.7 Å². The highest BCUT2D eigenvalue weighted by molar-refractivity contribution is 7.92. The Labute approximate surface area is 217 Å². The van der Waals surface area contributed by atoms with Crippen LogP contribution in [0.5, 0.6) is 5.75 Å². The lowest BCUT2D eigenvalue weighted by Gasteiger charge is -2.35. The van der Waals surface area contributed by atoms with Crippen molar-refractivity contribution in [1.29, 1.82) is 0 Å². The summed E-state index contributed by atoms with van der Waals surface area (Å²) in [5.41, 5.74) is 1.66. The highest BCUT2D eigenvalue weighted by atomic mass is 32.2. The number of sulfone groups is 1. The van der Waals surface area contributed by atoms with Crippen LogP contribution in [0.25, 0.3) is 11.4 Å². The predicted molar refractivity (Wildman–Crippen MR) is 144 cm³/mol. The Morgan fingerprint density at radius 3 is 2.49 bits per heavy atom. The number of anilines is 2. The highest BCUT2D eigenvalue weighted by Crippen LogP contribution is 2.33. The number of carbonyl (C=O) groups is 1. The molecule has 0 spiro atoms. The van der Waals surface area contributed by atoms with Crippen molar-refractivity contribution in [3.63, 3.8) is 0 Å². The number of hydrogen-bond acceptors (Lipinski definition) is 8. The molecule has 1 fully saturated rings. The van der Waals surface area contributed by atoms with Gasteiger partial charge in [-0.05, 0) is 57.2 Å². The smallest absolute Gasteiger partial charge is 0.410 e. The van der Waals surface area contributed by atoms with Gasteiger partial charge < -0.3 is 14.4 Å². The topological polar surface area (TPSA) is 111 Å². The van der Waals surface area contributed by atoms with Gasteiger partial charge in [0.05, 0.1) is 24.9 Å². The van der Waals surface area contributed by atoms with E-state index in [1.165, 1.54) is 0 Å². The van der Waals surface area contributed by atoms with E-state index < -0.39 is 20.7 Å². The zero-order valence-corrected chi connectivity index (χ0v) is 22.3. The standard InChI is InChI=1S/C27H32N4O5S/c1-5-37(33,34)27(3,4)23-17-24(31-15-16-35-18-19(31)2)30-25(29-23)20-11-13-21(14-12-20)28-26(32)36-22-9-7-6-8-10-22/h6-14,17,19H,5,15-16,18H2,1-4H3,(H,28,32). The first kappa shape index (κ1) is 26.6. The SMILES string of the molecule is CCS(=O)(=O)C(C)(C)c1cc(N2CCOCC2C)nc(-c2ccc(NC(=O)Oc3ccccc3)cc2)n1. The Bertz CT molecular complexity index is 1340. The minimum atomic E-state index is -3.45. The van der Waals surface area contributed by atoms with Gasteiger partial charge >= 0.3 is 6.09 Å². The minimum Gasteiger partial charge on any atom is -0.410 e. The molecule has 1 aliphatic rings. The number of para-hydroxylation sites is 1. The normalized spacial score (nSPS) is 16.3. The van der Waals surface area contributed by atoms with E-state index >= 15 is 0 Å². The summed E-state index contributed by atoms with van der Waals surface area (Å²) in [5, 5.41) is 2.70. The molecule has 0 radical (unpaired) electrons. The maximum Gasteiger partial charge on any atom is 0.417 e. The molecule has 2 aromatic carbocycles. The summed E-state index contributed by atoms with van der Waals surface area (Å²) >= 11 is 0. The van der Waals surface area contributed by atoms with Crippen LogP contribution in [0.2, 0.25) is 0 Å². The van der Waals surface area contributed by atoms with Gasteiger partial charge in [-0.15, -0.1) is 0 Å². The summed E-state index contributed by atoms with van der Waals surface area (Å²) in [6.07, 6.45) is -0.604. The van der Waals surface area contributed by atoms with Crippen molar-refractivity contribution in [2.75, 3.05) is 35.7 Å². The predicted octanol–water partition coefficient (Wildman–Crippen LogP) is 4.65. The lowest BCUT2D eigenvalue weighted by molar-refractivity contribution is 0.0985. The molecule has 1 saturated heterocycles.